The van der Waals surface area contributed by atoms with Gasteiger partial charge in [0.2, 0.25) is 0 Å². The molecular weight excluding hydrogens is 392 g/mol. The summed E-state index contributed by atoms with van der Waals surface area (Å²) in [5, 5.41) is 5.14. The molecule has 0 unspecified atom stereocenters. The van der Waals surface area contributed by atoms with Crippen LogP contribution in [0.1, 0.15) is 33.7 Å². The second-order valence-electron chi connectivity index (χ2n) is 6.53. The minimum atomic E-state index is -0.453. The molecule has 0 saturated carbocycles. The van der Waals surface area contributed by atoms with Crippen molar-refractivity contribution in [3.8, 4) is 11.4 Å². The Morgan fingerprint density at radius 2 is 1.69 bits per heavy atom. The van der Waals surface area contributed by atoms with Crippen LogP contribution in [0, 0.1) is 13.8 Å². The molecule has 0 bridgehead atoms. The number of esters is 2. The number of rotatable bonds is 6. The van der Waals surface area contributed by atoms with Crippen LogP contribution >= 0.6 is 11.6 Å². The highest BCUT2D eigenvalue weighted by Crippen LogP contribution is 2.21. The lowest BCUT2D eigenvalue weighted by atomic mass is 10.1. The summed E-state index contributed by atoms with van der Waals surface area (Å²) in [6.45, 7) is 3.86. The molecule has 1 aromatic heterocycles. The van der Waals surface area contributed by atoms with E-state index in [2.05, 4.69) is 5.10 Å². The number of ether oxygens (including phenoxy) is 2. The first-order valence-corrected chi connectivity index (χ1v) is 9.47. The highest BCUT2D eigenvalue weighted by Gasteiger charge is 2.15. The van der Waals surface area contributed by atoms with Crippen LogP contribution < -0.4 is 4.74 Å². The van der Waals surface area contributed by atoms with E-state index in [1.165, 1.54) is 7.11 Å². The van der Waals surface area contributed by atoms with E-state index in [-0.39, 0.29) is 5.97 Å². The largest absolute Gasteiger partial charge is 0.469 e. The van der Waals surface area contributed by atoms with Gasteiger partial charge in [-0.2, -0.15) is 5.10 Å². The summed E-state index contributed by atoms with van der Waals surface area (Å²) in [6, 6.07) is 13.6. The van der Waals surface area contributed by atoms with Gasteiger partial charge in [-0.3, -0.25) is 4.79 Å². The van der Waals surface area contributed by atoms with Crippen molar-refractivity contribution in [3.05, 3.63) is 76.1 Å². The highest BCUT2D eigenvalue weighted by atomic mass is 35.5. The highest BCUT2D eigenvalue weighted by molar-refractivity contribution is 6.30. The number of aryl methyl sites for hydroxylation is 1. The van der Waals surface area contributed by atoms with Crippen molar-refractivity contribution in [3.63, 3.8) is 0 Å². The van der Waals surface area contributed by atoms with E-state index in [0.717, 1.165) is 22.6 Å². The molecule has 0 aliphatic carbocycles. The Morgan fingerprint density at radius 1 is 1.03 bits per heavy atom. The van der Waals surface area contributed by atoms with Gasteiger partial charge in [-0.25, -0.2) is 9.48 Å². The van der Waals surface area contributed by atoms with Crippen LogP contribution in [0.2, 0.25) is 5.02 Å². The van der Waals surface area contributed by atoms with Gasteiger partial charge in [-0.15, -0.1) is 0 Å². The Bertz CT molecular complexity index is 1020. The molecule has 7 heteroatoms. The molecular formula is C22H21ClN2O4. The number of hydrogen-bond acceptors (Lipinski definition) is 5. The van der Waals surface area contributed by atoms with Crippen LogP contribution in [0.3, 0.4) is 0 Å². The van der Waals surface area contributed by atoms with Gasteiger partial charge in [-0.1, -0.05) is 11.6 Å². The summed E-state index contributed by atoms with van der Waals surface area (Å²) in [5.41, 5.74) is 4.07. The van der Waals surface area contributed by atoms with Crippen molar-refractivity contribution >= 4 is 23.5 Å². The molecule has 1 heterocycles. The fourth-order valence-corrected chi connectivity index (χ4v) is 3.15. The average molecular weight is 413 g/mol. The standard InChI is InChI=1S/C22H21ClN2O4/c1-14-20(12-13-21(26)28-3)15(2)25(24-14)18-8-4-16(5-9-18)22(27)29-19-10-6-17(23)7-11-19/h4-11H,12-13H2,1-3H3. The summed E-state index contributed by atoms with van der Waals surface area (Å²) >= 11 is 5.84. The SMILES string of the molecule is COC(=O)CCc1c(C)nn(-c2ccc(C(=O)Oc3ccc(Cl)cc3)cc2)c1C. The minimum Gasteiger partial charge on any atom is -0.469 e. The molecule has 0 spiro atoms. The maximum absolute atomic E-state index is 12.3. The van der Waals surface area contributed by atoms with E-state index in [4.69, 9.17) is 21.1 Å². The Kier molecular flexibility index (Phi) is 6.34. The minimum absolute atomic E-state index is 0.250. The van der Waals surface area contributed by atoms with Crippen molar-refractivity contribution in [2.75, 3.05) is 7.11 Å². The zero-order valence-electron chi connectivity index (χ0n) is 16.4. The third-order valence-electron chi connectivity index (χ3n) is 4.62. The smallest absolute Gasteiger partial charge is 0.343 e. The molecule has 29 heavy (non-hydrogen) atoms. The van der Waals surface area contributed by atoms with Crippen molar-refractivity contribution < 1.29 is 19.1 Å². The van der Waals surface area contributed by atoms with E-state index in [1.807, 2.05) is 26.0 Å². The zero-order valence-corrected chi connectivity index (χ0v) is 17.2. The quantitative estimate of drug-likeness (QED) is 0.441. The van der Waals surface area contributed by atoms with E-state index < -0.39 is 5.97 Å². The second-order valence-corrected chi connectivity index (χ2v) is 6.96. The first kappa shape index (κ1) is 20.6. The molecule has 3 aromatic rings. The maximum Gasteiger partial charge on any atom is 0.343 e. The Morgan fingerprint density at radius 3 is 2.31 bits per heavy atom. The molecule has 0 fully saturated rings. The number of halogens is 1. The van der Waals surface area contributed by atoms with Gasteiger partial charge in [0.1, 0.15) is 5.75 Å². The van der Waals surface area contributed by atoms with E-state index in [9.17, 15) is 9.59 Å². The molecule has 0 amide bonds. The Hall–Kier alpha value is -3.12. The lowest BCUT2D eigenvalue weighted by molar-refractivity contribution is -0.140. The average Bonchev–Trinajstić information content (AvgIpc) is 3.01. The lowest BCUT2D eigenvalue weighted by Gasteiger charge is -2.08. The number of benzene rings is 2. The molecule has 6 nitrogen and oxygen atoms in total. The van der Waals surface area contributed by atoms with Gasteiger partial charge in [-0.05, 0) is 74.4 Å². The van der Waals surface area contributed by atoms with Gasteiger partial charge in [0.05, 0.1) is 24.1 Å². The summed E-state index contributed by atoms with van der Waals surface area (Å²) < 4.78 is 11.9. The second kappa shape index (κ2) is 8.92. The number of hydrogen-bond donors (Lipinski definition) is 0. The van der Waals surface area contributed by atoms with Gasteiger partial charge in [0, 0.05) is 17.1 Å². The molecule has 0 N–H and O–H groups in total. The summed E-state index contributed by atoms with van der Waals surface area (Å²) in [5.74, 6) is -0.275. The van der Waals surface area contributed by atoms with Gasteiger partial charge in [0.25, 0.3) is 0 Å². The van der Waals surface area contributed by atoms with E-state index in [1.54, 1.807) is 41.1 Å². The van der Waals surface area contributed by atoms with Gasteiger partial charge >= 0.3 is 11.9 Å². The van der Waals surface area contributed by atoms with Crippen molar-refractivity contribution in [1.29, 1.82) is 0 Å². The van der Waals surface area contributed by atoms with Crippen LogP contribution in [0.25, 0.3) is 5.69 Å². The molecule has 0 aliphatic heterocycles. The maximum atomic E-state index is 12.3. The summed E-state index contributed by atoms with van der Waals surface area (Å²) in [6.07, 6.45) is 0.870. The topological polar surface area (TPSA) is 70.4 Å². The lowest BCUT2D eigenvalue weighted by Crippen LogP contribution is -2.09. The molecule has 0 radical (unpaired) electrons. The van der Waals surface area contributed by atoms with Crippen molar-refractivity contribution in [2.45, 2.75) is 26.7 Å². The Labute approximate surface area is 174 Å². The molecule has 2 aromatic carbocycles. The third kappa shape index (κ3) is 4.84. The van der Waals surface area contributed by atoms with E-state index >= 15 is 0 Å². The molecule has 150 valence electrons. The molecule has 3 rings (SSSR count). The number of carbonyl (C=O) groups excluding carboxylic acids is 2. The predicted molar refractivity (Wildman–Crippen MR) is 110 cm³/mol. The first-order valence-electron chi connectivity index (χ1n) is 9.09. The Balaban J connectivity index is 1.75. The van der Waals surface area contributed by atoms with Crippen LogP contribution in [-0.2, 0) is 16.0 Å². The fourth-order valence-electron chi connectivity index (χ4n) is 3.02. The van der Waals surface area contributed by atoms with Crippen molar-refractivity contribution in [1.82, 2.24) is 9.78 Å². The molecule has 0 aliphatic rings. The fraction of sp³-hybridized carbons (Fsp3) is 0.227. The van der Waals surface area contributed by atoms with Crippen LogP contribution in [0.15, 0.2) is 48.5 Å². The van der Waals surface area contributed by atoms with Crippen LogP contribution in [-0.4, -0.2) is 28.8 Å². The number of carbonyl (C=O) groups is 2. The van der Waals surface area contributed by atoms with Crippen molar-refractivity contribution in [2.24, 2.45) is 0 Å². The predicted octanol–water partition coefficient (Wildman–Crippen LogP) is 4.47. The van der Waals surface area contributed by atoms with Crippen LogP contribution in [0.4, 0.5) is 0 Å². The number of aromatic nitrogens is 2. The van der Waals surface area contributed by atoms with Gasteiger partial charge < -0.3 is 9.47 Å². The van der Waals surface area contributed by atoms with Crippen LogP contribution in [0.5, 0.6) is 5.75 Å². The monoisotopic (exact) mass is 412 g/mol. The molecule has 0 saturated heterocycles. The summed E-state index contributed by atoms with van der Waals surface area (Å²) in [4.78, 5) is 23.8. The zero-order chi connectivity index (χ0) is 21.0. The summed E-state index contributed by atoms with van der Waals surface area (Å²) in [7, 11) is 1.38. The van der Waals surface area contributed by atoms with E-state index in [0.29, 0.717) is 29.2 Å². The number of methoxy groups -OCH3 is 1. The molecule has 0 atom stereocenters. The third-order valence-corrected chi connectivity index (χ3v) is 4.87. The first-order chi connectivity index (χ1) is 13.9. The van der Waals surface area contributed by atoms with Gasteiger partial charge in [0.15, 0.2) is 0 Å². The normalized spacial score (nSPS) is 10.6. The number of nitrogens with zero attached hydrogens (tertiary/aromatic N) is 2.